The van der Waals surface area contributed by atoms with Gasteiger partial charge in [0, 0.05) is 39.4 Å². The molecule has 25 heavy (non-hydrogen) atoms. The Kier molecular flexibility index (Phi) is 4.75. The second-order valence-electron chi connectivity index (χ2n) is 5.32. The van der Waals surface area contributed by atoms with Crippen LogP contribution in [0.2, 0.25) is 0 Å². The van der Waals surface area contributed by atoms with Crippen LogP contribution in [0.3, 0.4) is 0 Å². The molecule has 0 unspecified atom stereocenters. The van der Waals surface area contributed by atoms with Gasteiger partial charge in [0.25, 0.3) is 5.91 Å². The number of nitrogens with one attached hydrogen (secondary N) is 1. The van der Waals surface area contributed by atoms with Gasteiger partial charge in [-0.2, -0.15) is 13.2 Å². The molecule has 3 rings (SSSR count). The van der Waals surface area contributed by atoms with E-state index in [2.05, 4.69) is 20.5 Å². The number of carbonyl (C=O) groups excluding carboxylic acids is 1. The maximum Gasteiger partial charge on any atom is 0.445 e. The normalized spacial score (nSPS) is 15.4. The highest BCUT2D eigenvalue weighted by molar-refractivity contribution is 7.15. The van der Waals surface area contributed by atoms with E-state index in [0.717, 1.165) is 0 Å². The van der Waals surface area contributed by atoms with Gasteiger partial charge in [0.05, 0.1) is 5.56 Å². The minimum Gasteiger partial charge on any atom is -0.355 e. The van der Waals surface area contributed by atoms with E-state index in [1.165, 1.54) is 0 Å². The molecule has 7 nitrogen and oxygen atoms in total. The predicted molar refractivity (Wildman–Crippen MR) is 87.0 cm³/mol. The Balaban J connectivity index is 1.71. The third kappa shape index (κ3) is 3.65. The van der Waals surface area contributed by atoms with Crippen LogP contribution in [-0.2, 0) is 6.18 Å². The lowest BCUT2D eigenvalue weighted by atomic mass is 10.2. The second-order valence-corrected chi connectivity index (χ2v) is 6.27. The molecular weight excluding hydrogens is 357 g/mol. The smallest absolute Gasteiger partial charge is 0.355 e. The molecule has 1 aliphatic rings. The number of pyridine rings is 1. The van der Waals surface area contributed by atoms with Gasteiger partial charge in [-0.3, -0.25) is 4.79 Å². The Labute approximate surface area is 145 Å². The summed E-state index contributed by atoms with van der Waals surface area (Å²) in [5.74, 6) is 0.333. The number of aromatic nitrogens is 3. The van der Waals surface area contributed by atoms with Gasteiger partial charge in [-0.1, -0.05) is 11.3 Å². The van der Waals surface area contributed by atoms with Gasteiger partial charge in [0.1, 0.15) is 5.82 Å². The molecule has 2 aromatic heterocycles. The molecule has 0 saturated carbocycles. The fourth-order valence-electron chi connectivity index (χ4n) is 2.53. The topological polar surface area (TPSA) is 74.2 Å². The summed E-state index contributed by atoms with van der Waals surface area (Å²) < 4.78 is 37.9. The zero-order valence-corrected chi connectivity index (χ0v) is 14.1. The molecule has 134 valence electrons. The van der Waals surface area contributed by atoms with Gasteiger partial charge < -0.3 is 15.1 Å². The zero-order valence-electron chi connectivity index (χ0n) is 13.2. The van der Waals surface area contributed by atoms with Crippen LogP contribution >= 0.6 is 11.3 Å². The van der Waals surface area contributed by atoms with E-state index < -0.39 is 11.2 Å². The van der Waals surface area contributed by atoms with Crippen LogP contribution in [0.4, 0.5) is 24.1 Å². The zero-order chi connectivity index (χ0) is 18.0. The van der Waals surface area contributed by atoms with Crippen molar-refractivity contribution in [2.75, 3.05) is 43.0 Å². The lowest BCUT2D eigenvalue weighted by molar-refractivity contribution is -0.138. The van der Waals surface area contributed by atoms with Gasteiger partial charge in [-0.15, -0.1) is 10.2 Å². The Morgan fingerprint density at radius 3 is 2.48 bits per heavy atom. The Morgan fingerprint density at radius 2 is 1.88 bits per heavy atom. The molecule has 0 radical (unpaired) electrons. The van der Waals surface area contributed by atoms with E-state index >= 15 is 0 Å². The Morgan fingerprint density at radius 1 is 1.20 bits per heavy atom. The monoisotopic (exact) mass is 372 g/mol. The fourth-order valence-corrected chi connectivity index (χ4v) is 3.29. The number of hydrogen-bond acceptors (Lipinski definition) is 7. The molecule has 1 aliphatic heterocycles. The van der Waals surface area contributed by atoms with Crippen LogP contribution in [0.15, 0.2) is 18.3 Å². The van der Waals surface area contributed by atoms with Crippen LogP contribution in [-0.4, -0.2) is 54.3 Å². The lowest BCUT2D eigenvalue weighted by Gasteiger charge is -2.35. The minimum atomic E-state index is -4.48. The molecule has 1 N–H and O–H groups in total. The summed E-state index contributed by atoms with van der Waals surface area (Å²) in [4.78, 5) is 19.9. The van der Waals surface area contributed by atoms with Crippen molar-refractivity contribution >= 4 is 28.2 Å². The van der Waals surface area contributed by atoms with Crippen LogP contribution < -0.4 is 15.1 Å². The standard InChI is InChI=1S/C14H15F3N6OS/c1-18-11(24)9-3-2-4-19-10(9)22-5-7-23(8-6-22)13-21-20-12(25-13)14(15,16)17/h2-4H,5-8H2,1H3,(H,18,24). The molecule has 11 heteroatoms. The molecule has 0 bridgehead atoms. The molecule has 0 spiro atoms. The van der Waals surface area contributed by atoms with Gasteiger partial charge in [-0.25, -0.2) is 4.98 Å². The lowest BCUT2D eigenvalue weighted by Crippen LogP contribution is -2.47. The predicted octanol–water partition coefficient (Wildman–Crippen LogP) is 1.64. The molecule has 2 aromatic rings. The number of rotatable bonds is 3. The first-order valence-corrected chi connectivity index (χ1v) is 8.29. The van der Waals surface area contributed by atoms with E-state index in [1.54, 1.807) is 30.3 Å². The number of halogens is 3. The van der Waals surface area contributed by atoms with E-state index in [9.17, 15) is 18.0 Å². The van der Waals surface area contributed by atoms with Crippen molar-refractivity contribution in [2.24, 2.45) is 0 Å². The number of anilines is 2. The average Bonchev–Trinajstić information content (AvgIpc) is 3.12. The van der Waals surface area contributed by atoms with Crippen molar-refractivity contribution in [1.82, 2.24) is 20.5 Å². The van der Waals surface area contributed by atoms with E-state index in [-0.39, 0.29) is 11.0 Å². The van der Waals surface area contributed by atoms with Crippen molar-refractivity contribution in [1.29, 1.82) is 0 Å². The third-order valence-electron chi connectivity index (χ3n) is 3.76. The first-order valence-electron chi connectivity index (χ1n) is 7.48. The molecule has 1 saturated heterocycles. The first-order chi connectivity index (χ1) is 11.9. The molecule has 3 heterocycles. The fraction of sp³-hybridized carbons (Fsp3) is 0.429. The highest BCUT2D eigenvalue weighted by atomic mass is 32.1. The van der Waals surface area contributed by atoms with Gasteiger partial charge in [-0.05, 0) is 12.1 Å². The van der Waals surface area contributed by atoms with Crippen molar-refractivity contribution in [2.45, 2.75) is 6.18 Å². The Hall–Kier alpha value is -2.43. The van der Waals surface area contributed by atoms with Crippen molar-refractivity contribution < 1.29 is 18.0 Å². The number of nitrogens with zero attached hydrogens (tertiary/aromatic N) is 5. The van der Waals surface area contributed by atoms with Gasteiger partial charge >= 0.3 is 6.18 Å². The van der Waals surface area contributed by atoms with Gasteiger partial charge in [0.2, 0.25) is 10.1 Å². The summed E-state index contributed by atoms with van der Waals surface area (Å²) in [6, 6.07) is 3.37. The molecule has 0 aromatic carbocycles. The maximum absolute atomic E-state index is 12.6. The van der Waals surface area contributed by atoms with Crippen LogP contribution in [0.5, 0.6) is 0 Å². The molecule has 0 atom stereocenters. The summed E-state index contributed by atoms with van der Waals surface area (Å²) in [6.45, 7) is 1.97. The number of piperazine rings is 1. The van der Waals surface area contributed by atoms with Crippen molar-refractivity contribution in [3.05, 3.63) is 28.9 Å². The summed E-state index contributed by atoms with van der Waals surface area (Å²) in [7, 11) is 1.55. The highest BCUT2D eigenvalue weighted by Crippen LogP contribution is 2.34. The number of alkyl halides is 3. The summed E-state index contributed by atoms with van der Waals surface area (Å²) in [5.41, 5.74) is 0.466. The van der Waals surface area contributed by atoms with Crippen LogP contribution in [0.25, 0.3) is 0 Å². The van der Waals surface area contributed by atoms with E-state index in [4.69, 9.17) is 0 Å². The highest BCUT2D eigenvalue weighted by Gasteiger charge is 2.36. The maximum atomic E-state index is 12.6. The van der Waals surface area contributed by atoms with Crippen LogP contribution in [0, 0.1) is 0 Å². The third-order valence-corrected chi connectivity index (χ3v) is 4.79. The molecular formula is C14H15F3N6OS. The molecule has 0 aliphatic carbocycles. The Bertz CT molecular complexity index is 757. The number of amides is 1. The van der Waals surface area contributed by atoms with E-state index in [1.807, 2.05) is 4.90 Å². The number of carbonyl (C=O) groups is 1. The van der Waals surface area contributed by atoms with Crippen molar-refractivity contribution in [3.63, 3.8) is 0 Å². The molecule has 1 fully saturated rings. The van der Waals surface area contributed by atoms with Crippen LogP contribution in [0.1, 0.15) is 15.4 Å². The van der Waals surface area contributed by atoms with E-state index in [0.29, 0.717) is 48.9 Å². The minimum absolute atomic E-state index is 0.232. The summed E-state index contributed by atoms with van der Waals surface area (Å²) >= 11 is 0.535. The average molecular weight is 372 g/mol. The molecule has 1 amide bonds. The SMILES string of the molecule is CNC(=O)c1cccnc1N1CCN(c2nnc(C(F)(F)F)s2)CC1. The summed E-state index contributed by atoms with van der Waals surface area (Å²) in [5, 5.41) is 8.73. The summed E-state index contributed by atoms with van der Waals surface area (Å²) in [6.07, 6.45) is -2.87. The largest absolute Gasteiger partial charge is 0.445 e. The number of hydrogen-bond donors (Lipinski definition) is 1. The quantitative estimate of drug-likeness (QED) is 0.883. The van der Waals surface area contributed by atoms with Gasteiger partial charge in [0.15, 0.2) is 0 Å². The first kappa shape index (κ1) is 17.4. The second kappa shape index (κ2) is 6.82. The van der Waals surface area contributed by atoms with Crippen molar-refractivity contribution in [3.8, 4) is 0 Å².